The highest BCUT2D eigenvalue weighted by molar-refractivity contribution is 6.02. The first-order chi connectivity index (χ1) is 23.8. The molecule has 1 aliphatic heterocycles. The Morgan fingerprint density at radius 2 is 1.58 bits per heavy atom. The summed E-state index contributed by atoms with van der Waals surface area (Å²) < 4.78 is 45.7. The second-order valence-electron chi connectivity index (χ2n) is 13.3. The van der Waals surface area contributed by atoms with Crippen LogP contribution >= 0.6 is 0 Å². The minimum absolute atomic E-state index is 0.145. The van der Waals surface area contributed by atoms with E-state index in [9.17, 15) is 27.9 Å². The summed E-state index contributed by atoms with van der Waals surface area (Å²) in [4.78, 5) is 30.8. The maximum absolute atomic E-state index is 13.8. The molecule has 2 amide bonds. The molecule has 0 saturated heterocycles. The molecule has 4 aromatic rings. The number of fused-ring (bicyclic) bond motifs is 1. The standard InChI is InChI=1S/C40H44F3N3O4/c1-26-22-46(27(2)25-47)39(49)34-11-8-12-35(44-37(48)21-29-15-19-33(20-16-29)40(41,42)43)38(34)50-36(26)24-45(4)23-30-13-17-32(18-14-30)28(3)31-9-6-5-7-10-31/h5-20,26-28,36,47H,21-25H2,1-4H3,(H,44,48)/t26-,27?,28?,36-/m1/s1. The van der Waals surface area contributed by atoms with E-state index in [4.69, 9.17) is 4.74 Å². The van der Waals surface area contributed by atoms with Crippen molar-refractivity contribution in [3.8, 4) is 5.75 Å². The third kappa shape index (κ3) is 8.91. The number of anilines is 1. The van der Waals surface area contributed by atoms with Gasteiger partial charge >= 0.3 is 6.18 Å². The molecule has 0 bridgehead atoms. The highest BCUT2D eigenvalue weighted by atomic mass is 19.4. The van der Waals surface area contributed by atoms with Crippen molar-refractivity contribution < 1.29 is 32.6 Å². The van der Waals surface area contributed by atoms with Crippen molar-refractivity contribution in [2.24, 2.45) is 5.92 Å². The normalized spacial score (nSPS) is 17.7. The summed E-state index contributed by atoms with van der Waals surface area (Å²) in [6, 6.07) is 27.9. The number of para-hydroxylation sites is 1. The van der Waals surface area contributed by atoms with Crippen LogP contribution in [0.1, 0.15) is 64.9 Å². The Labute approximate surface area is 291 Å². The van der Waals surface area contributed by atoms with Crippen LogP contribution in [0.2, 0.25) is 0 Å². The van der Waals surface area contributed by atoms with Gasteiger partial charge in [-0.1, -0.05) is 86.6 Å². The largest absolute Gasteiger partial charge is 0.486 e. The smallest absolute Gasteiger partial charge is 0.416 e. The Balaban J connectivity index is 1.34. The number of ether oxygens (including phenoxy) is 1. The molecule has 0 saturated carbocycles. The molecule has 1 aliphatic rings. The van der Waals surface area contributed by atoms with Crippen molar-refractivity contribution in [2.45, 2.75) is 58.0 Å². The number of rotatable bonds is 11. The SMILES string of the molecule is CC(c1ccccc1)c1ccc(CN(C)C[C@H]2Oc3c(NC(=O)Cc4ccc(C(F)(F)F)cc4)cccc3C(=O)N(C(C)CO)C[C@H]2C)cc1. The van der Waals surface area contributed by atoms with Crippen molar-refractivity contribution in [2.75, 3.05) is 32.1 Å². The number of hydrogen-bond acceptors (Lipinski definition) is 5. The molecule has 7 nitrogen and oxygen atoms in total. The number of nitrogens with one attached hydrogen (secondary N) is 1. The lowest BCUT2D eigenvalue weighted by molar-refractivity contribution is -0.137. The first-order valence-corrected chi connectivity index (χ1v) is 16.8. The molecule has 4 aromatic carbocycles. The predicted octanol–water partition coefficient (Wildman–Crippen LogP) is 7.39. The Morgan fingerprint density at radius 3 is 2.22 bits per heavy atom. The van der Waals surface area contributed by atoms with E-state index in [2.05, 4.69) is 53.5 Å². The van der Waals surface area contributed by atoms with Gasteiger partial charge in [0, 0.05) is 31.5 Å². The number of halogens is 3. The van der Waals surface area contributed by atoms with Crippen LogP contribution in [0.15, 0.2) is 97.1 Å². The van der Waals surface area contributed by atoms with E-state index in [0.717, 1.165) is 17.7 Å². The fourth-order valence-corrected chi connectivity index (χ4v) is 6.28. The Kier molecular flexibility index (Phi) is 11.6. The van der Waals surface area contributed by atoms with Crippen LogP contribution in [0.4, 0.5) is 18.9 Å². The molecular formula is C40H44F3N3O4. The highest BCUT2D eigenvalue weighted by Gasteiger charge is 2.35. The Hall–Kier alpha value is -4.67. The molecule has 0 fully saturated rings. The topological polar surface area (TPSA) is 82.1 Å². The lowest BCUT2D eigenvalue weighted by Gasteiger charge is -2.38. The van der Waals surface area contributed by atoms with Crippen molar-refractivity contribution in [1.29, 1.82) is 0 Å². The average Bonchev–Trinajstić information content (AvgIpc) is 3.10. The monoisotopic (exact) mass is 687 g/mol. The third-order valence-electron chi connectivity index (χ3n) is 9.33. The van der Waals surface area contributed by atoms with Gasteiger partial charge in [-0.15, -0.1) is 0 Å². The van der Waals surface area contributed by atoms with E-state index in [-0.39, 0.29) is 47.8 Å². The average molecular weight is 688 g/mol. The van der Waals surface area contributed by atoms with Crippen molar-refractivity contribution >= 4 is 17.5 Å². The molecule has 5 rings (SSSR count). The molecule has 0 aromatic heterocycles. The second kappa shape index (κ2) is 15.9. The summed E-state index contributed by atoms with van der Waals surface area (Å²) in [5, 5.41) is 12.8. The molecule has 10 heteroatoms. The number of likely N-dealkylation sites (N-methyl/N-ethyl adjacent to an activating group) is 1. The first-order valence-electron chi connectivity index (χ1n) is 16.8. The number of amides is 2. The third-order valence-corrected chi connectivity index (χ3v) is 9.33. The van der Waals surface area contributed by atoms with Crippen LogP contribution in [0.5, 0.6) is 5.75 Å². The summed E-state index contributed by atoms with van der Waals surface area (Å²) in [7, 11) is 2.01. The fourth-order valence-electron chi connectivity index (χ4n) is 6.28. The van der Waals surface area contributed by atoms with Crippen LogP contribution in [0.3, 0.4) is 0 Å². The lowest BCUT2D eigenvalue weighted by Crippen LogP contribution is -2.49. The van der Waals surface area contributed by atoms with Crippen molar-refractivity contribution in [3.63, 3.8) is 0 Å². The van der Waals surface area contributed by atoms with Gasteiger partial charge in [0.15, 0.2) is 5.75 Å². The van der Waals surface area contributed by atoms with Crippen molar-refractivity contribution in [3.05, 3.63) is 130 Å². The quantitative estimate of drug-likeness (QED) is 0.172. The Bertz CT molecular complexity index is 1750. The summed E-state index contributed by atoms with van der Waals surface area (Å²) in [5.74, 6) is -0.456. The predicted molar refractivity (Wildman–Crippen MR) is 188 cm³/mol. The molecule has 0 spiro atoms. The minimum Gasteiger partial charge on any atom is -0.486 e. The number of nitrogens with zero attached hydrogens (tertiary/aromatic N) is 2. The van der Waals surface area contributed by atoms with E-state index in [1.54, 1.807) is 30.0 Å². The molecule has 2 unspecified atom stereocenters. The van der Waals surface area contributed by atoms with Gasteiger partial charge < -0.3 is 20.1 Å². The molecular weight excluding hydrogens is 643 g/mol. The Morgan fingerprint density at radius 1 is 0.940 bits per heavy atom. The molecule has 2 N–H and O–H groups in total. The number of alkyl halides is 3. The van der Waals surface area contributed by atoms with E-state index in [1.165, 1.54) is 23.3 Å². The summed E-state index contributed by atoms with van der Waals surface area (Å²) in [6.07, 6.45) is -5.04. The van der Waals surface area contributed by atoms with Gasteiger partial charge in [-0.3, -0.25) is 14.5 Å². The summed E-state index contributed by atoms with van der Waals surface area (Å²) in [5.41, 5.74) is 3.77. The van der Waals surface area contributed by atoms with Crippen molar-refractivity contribution in [1.82, 2.24) is 9.80 Å². The van der Waals surface area contributed by atoms with Crippen LogP contribution in [0.25, 0.3) is 0 Å². The number of aliphatic hydroxyl groups is 1. The zero-order valence-electron chi connectivity index (χ0n) is 28.8. The van der Waals surface area contributed by atoms with E-state index < -0.39 is 29.8 Å². The first kappa shape index (κ1) is 36.6. The zero-order valence-corrected chi connectivity index (χ0v) is 28.8. The molecule has 264 valence electrons. The summed E-state index contributed by atoms with van der Waals surface area (Å²) in [6.45, 7) is 7.27. The van der Waals surface area contributed by atoms with E-state index in [0.29, 0.717) is 25.2 Å². The van der Waals surface area contributed by atoms with Crippen LogP contribution in [-0.2, 0) is 23.9 Å². The van der Waals surface area contributed by atoms with Crippen LogP contribution in [0, 0.1) is 5.92 Å². The maximum Gasteiger partial charge on any atom is 0.416 e. The van der Waals surface area contributed by atoms with E-state index in [1.807, 2.05) is 32.2 Å². The van der Waals surface area contributed by atoms with E-state index >= 15 is 0 Å². The maximum atomic E-state index is 13.8. The van der Waals surface area contributed by atoms with Gasteiger partial charge in [0.1, 0.15) is 6.10 Å². The number of benzene rings is 4. The van der Waals surface area contributed by atoms with Gasteiger partial charge in [0.2, 0.25) is 5.91 Å². The second-order valence-corrected chi connectivity index (χ2v) is 13.3. The van der Waals surface area contributed by atoms with Gasteiger partial charge in [-0.2, -0.15) is 13.2 Å². The molecule has 0 radical (unpaired) electrons. The molecule has 4 atom stereocenters. The fraction of sp³-hybridized carbons (Fsp3) is 0.350. The number of hydrogen-bond donors (Lipinski definition) is 2. The number of aliphatic hydroxyl groups excluding tert-OH is 1. The van der Waals surface area contributed by atoms with Crippen LogP contribution in [-0.4, -0.2) is 65.6 Å². The molecule has 0 aliphatic carbocycles. The van der Waals surface area contributed by atoms with Gasteiger partial charge in [-0.25, -0.2) is 0 Å². The van der Waals surface area contributed by atoms with Crippen LogP contribution < -0.4 is 10.1 Å². The molecule has 50 heavy (non-hydrogen) atoms. The number of carbonyl (C=O) groups excluding carboxylic acids is 2. The minimum atomic E-state index is -4.47. The lowest BCUT2D eigenvalue weighted by atomic mass is 9.92. The highest BCUT2D eigenvalue weighted by Crippen LogP contribution is 2.35. The number of carbonyl (C=O) groups is 2. The van der Waals surface area contributed by atoms with Gasteiger partial charge in [0.05, 0.1) is 35.9 Å². The van der Waals surface area contributed by atoms with Gasteiger partial charge in [-0.05, 0) is 60.5 Å². The zero-order chi connectivity index (χ0) is 36.0. The van der Waals surface area contributed by atoms with Gasteiger partial charge in [0.25, 0.3) is 5.91 Å². The summed E-state index contributed by atoms with van der Waals surface area (Å²) >= 11 is 0. The molecule has 1 heterocycles.